The Bertz CT molecular complexity index is 433. The zero-order valence-corrected chi connectivity index (χ0v) is 12.5. The molecule has 0 unspecified atom stereocenters. The molecule has 1 fully saturated rings. The van der Waals surface area contributed by atoms with E-state index < -0.39 is 0 Å². The van der Waals surface area contributed by atoms with Gasteiger partial charge in [-0.05, 0) is 42.6 Å². The summed E-state index contributed by atoms with van der Waals surface area (Å²) in [5.74, 6) is 0.891. The SMILES string of the molecule is CC(C)(C)C1CCC(=CC=Cc2ccccc2)CC1. The molecule has 0 amide bonds. The molecule has 0 radical (unpaired) electrons. The molecule has 0 saturated heterocycles. The van der Waals surface area contributed by atoms with Gasteiger partial charge in [-0.25, -0.2) is 0 Å². The third-order valence-electron chi connectivity index (χ3n) is 4.27. The topological polar surface area (TPSA) is 0 Å². The van der Waals surface area contributed by atoms with E-state index in [1.54, 1.807) is 5.57 Å². The third kappa shape index (κ3) is 4.38. The summed E-state index contributed by atoms with van der Waals surface area (Å²) in [6.07, 6.45) is 12.0. The molecule has 0 aliphatic heterocycles. The van der Waals surface area contributed by atoms with Crippen LogP contribution in [0, 0.1) is 11.3 Å². The van der Waals surface area contributed by atoms with Gasteiger partial charge in [0.15, 0.2) is 0 Å². The molecule has 0 heteroatoms. The van der Waals surface area contributed by atoms with Crippen molar-refractivity contribution in [1.29, 1.82) is 0 Å². The number of rotatable bonds is 2. The highest BCUT2D eigenvalue weighted by atomic mass is 14.3. The first-order valence-corrected chi connectivity index (χ1v) is 7.47. The highest BCUT2D eigenvalue weighted by Gasteiger charge is 2.27. The predicted octanol–water partition coefficient (Wildman–Crippen LogP) is 5.86. The van der Waals surface area contributed by atoms with Crippen molar-refractivity contribution < 1.29 is 0 Å². The maximum Gasteiger partial charge on any atom is -0.0257 e. The molecule has 0 N–H and O–H groups in total. The molecule has 0 atom stereocenters. The normalized spacial score (nSPS) is 20.8. The van der Waals surface area contributed by atoms with E-state index in [4.69, 9.17) is 0 Å². The molecule has 0 bridgehead atoms. The average Bonchev–Trinajstić information content (AvgIpc) is 2.39. The van der Waals surface area contributed by atoms with Crippen LogP contribution in [-0.2, 0) is 0 Å². The monoisotopic (exact) mass is 254 g/mol. The molecule has 2 rings (SSSR count). The smallest absolute Gasteiger partial charge is 0.0257 e. The van der Waals surface area contributed by atoms with Gasteiger partial charge in [-0.1, -0.05) is 74.9 Å². The van der Waals surface area contributed by atoms with Crippen LogP contribution in [0.1, 0.15) is 52.0 Å². The summed E-state index contributed by atoms with van der Waals surface area (Å²) in [4.78, 5) is 0. The predicted molar refractivity (Wildman–Crippen MR) is 85.0 cm³/mol. The number of allylic oxidation sites excluding steroid dienone is 3. The van der Waals surface area contributed by atoms with Gasteiger partial charge in [0.1, 0.15) is 0 Å². The Balaban J connectivity index is 1.88. The van der Waals surface area contributed by atoms with Crippen molar-refractivity contribution in [2.45, 2.75) is 46.5 Å². The quantitative estimate of drug-likeness (QED) is 0.620. The minimum Gasteiger partial charge on any atom is -0.0702 e. The lowest BCUT2D eigenvalue weighted by molar-refractivity contribution is 0.197. The first-order valence-electron chi connectivity index (χ1n) is 7.47. The maximum absolute atomic E-state index is 2.38. The molecule has 19 heavy (non-hydrogen) atoms. The Morgan fingerprint density at radius 1 is 1.00 bits per heavy atom. The molecule has 0 aromatic heterocycles. The van der Waals surface area contributed by atoms with Crippen molar-refractivity contribution >= 4 is 6.08 Å². The van der Waals surface area contributed by atoms with Crippen LogP contribution in [0.2, 0.25) is 0 Å². The van der Waals surface area contributed by atoms with Gasteiger partial charge in [-0.2, -0.15) is 0 Å². The van der Waals surface area contributed by atoms with Gasteiger partial charge >= 0.3 is 0 Å². The summed E-state index contributed by atoms with van der Waals surface area (Å²) >= 11 is 0. The molecule has 1 aliphatic carbocycles. The molecular formula is C19H26. The minimum atomic E-state index is 0.478. The van der Waals surface area contributed by atoms with E-state index >= 15 is 0 Å². The largest absolute Gasteiger partial charge is 0.0702 e. The van der Waals surface area contributed by atoms with Gasteiger partial charge in [0, 0.05) is 0 Å². The number of hydrogen-bond donors (Lipinski definition) is 0. The van der Waals surface area contributed by atoms with E-state index in [0.29, 0.717) is 5.41 Å². The average molecular weight is 254 g/mol. The Hall–Kier alpha value is -1.30. The molecule has 0 heterocycles. The Labute approximate surface area is 118 Å². The van der Waals surface area contributed by atoms with Crippen molar-refractivity contribution in [3.63, 3.8) is 0 Å². The van der Waals surface area contributed by atoms with Crippen LogP contribution in [0.25, 0.3) is 6.08 Å². The second-order valence-corrected chi connectivity index (χ2v) is 6.74. The lowest BCUT2D eigenvalue weighted by Gasteiger charge is -2.34. The lowest BCUT2D eigenvalue weighted by Crippen LogP contribution is -2.23. The summed E-state index contributed by atoms with van der Waals surface area (Å²) in [5, 5.41) is 0. The first-order chi connectivity index (χ1) is 9.05. The van der Waals surface area contributed by atoms with Crippen LogP contribution in [0.4, 0.5) is 0 Å². The molecule has 102 valence electrons. The van der Waals surface area contributed by atoms with Crippen LogP contribution in [0.15, 0.2) is 48.1 Å². The zero-order valence-electron chi connectivity index (χ0n) is 12.5. The van der Waals surface area contributed by atoms with E-state index in [0.717, 1.165) is 5.92 Å². The standard InChI is InChI=1S/C19H26/c1-19(2,3)18-14-12-17(13-15-18)11-7-10-16-8-5-4-6-9-16/h4-11,18H,12-15H2,1-3H3. The van der Waals surface area contributed by atoms with E-state index in [9.17, 15) is 0 Å². The fourth-order valence-corrected chi connectivity index (χ4v) is 2.88. The van der Waals surface area contributed by atoms with Crippen LogP contribution in [-0.4, -0.2) is 0 Å². The summed E-state index contributed by atoms with van der Waals surface area (Å²) < 4.78 is 0. The molecule has 1 saturated carbocycles. The van der Waals surface area contributed by atoms with Crippen molar-refractivity contribution in [1.82, 2.24) is 0 Å². The second kappa shape index (κ2) is 6.23. The van der Waals surface area contributed by atoms with Crippen LogP contribution < -0.4 is 0 Å². The lowest BCUT2D eigenvalue weighted by atomic mass is 9.71. The molecule has 0 nitrogen and oxygen atoms in total. The molecule has 0 spiro atoms. The fourth-order valence-electron chi connectivity index (χ4n) is 2.88. The Morgan fingerprint density at radius 3 is 2.21 bits per heavy atom. The third-order valence-corrected chi connectivity index (χ3v) is 4.27. The van der Waals surface area contributed by atoms with Crippen LogP contribution in [0.5, 0.6) is 0 Å². The van der Waals surface area contributed by atoms with Gasteiger partial charge < -0.3 is 0 Å². The Morgan fingerprint density at radius 2 is 1.63 bits per heavy atom. The van der Waals surface area contributed by atoms with Crippen molar-refractivity contribution in [2.24, 2.45) is 11.3 Å². The minimum absolute atomic E-state index is 0.478. The van der Waals surface area contributed by atoms with Gasteiger partial charge in [0.25, 0.3) is 0 Å². The first kappa shape index (κ1) is 14.1. The number of hydrogen-bond acceptors (Lipinski definition) is 0. The van der Waals surface area contributed by atoms with Crippen LogP contribution >= 0.6 is 0 Å². The van der Waals surface area contributed by atoms with Gasteiger partial charge in [-0.3, -0.25) is 0 Å². The van der Waals surface area contributed by atoms with Gasteiger partial charge in [0.2, 0.25) is 0 Å². The summed E-state index contributed by atoms with van der Waals surface area (Å²) in [7, 11) is 0. The van der Waals surface area contributed by atoms with E-state index in [1.807, 2.05) is 0 Å². The van der Waals surface area contributed by atoms with Gasteiger partial charge in [0.05, 0.1) is 0 Å². The molecule has 1 aliphatic rings. The molecular weight excluding hydrogens is 228 g/mol. The van der Waals surface area contributed by atoms with Crippen LogP contribution in [0.3, 0.4) is 0 Å². The molecule has 1 aromatic rings. The molecule has 1 aromatic carbocycles. The van der Waals surface area contributed by atoms with E-state index in [2.05, 4.69) is 69.3 Å². The summed E-state index contributed by atoms with van der Waals surface area (Å²) in [5.41, 5.74) is 3.38. The van der Waals surface area contributed by atoms with Gasteiger partial charge in [-0.15, -0.1) is 0 Å². The van der Waals surface area contributed by atoms with Crippen molar-refractivity contribution in [2.75, 3.05) is 0 Å². The second-order valence-electron chi connectivity index (χ2n) is 6.74. The number of benzene rings is 1. The summed E-state index contributed by atoms with van der Waals surface area (Å²) in [6.45, 7) is 7.13. The fraction of sp³-hybridized carbons (Fsp3) is 0.474. The van der Waals surface area contributed by atoms with E-state index in [1.165, 1.54) is 31.2 Å². The van der Waals surface area contributed by atoms with Crippen molar-refractivity contribution in [3.05, 3.63) is 53.6 Å². The van der Waals surface area contributed by atoms with E-state index in [-0.39, 0.29) is 0 Å². The maximum atomic E-state index is 2.38. The summed E-state index contributed by atoms with van der Waals surface area (Å²) in [6, 6.07) is 10.5. The highest BCUT2D eigenvalue weighted by Crippen LogP contribution is 2.39. The Kier molecular flexibility index (Phi) is 4.63. The zero-order chi connectivity index (χ0) is 13.7. The highest BCUT2D eigenvalue weighted by molar-refractivity contribution is 5.50. The van der Waals surface area contributed by atoms with Crippen molar-refractivity contribution in [3.8, 4) is 0 Å².